The van der Waals surface area contributed by atoms with Gasteiger partial charge in [0.2, 0.25) is 11.8 Å². The van der Waals surface area contributed by atoms with Gasteiger partial charge in [-0.05, 0) is 48.5 Å². The minimum absolute atomic E-state index is 0. The number of halogens is 3. The number of amides is 2. The average Bonchev–Trinajstić information content (AvgIpc) is 3.05. The molecule has 148 valence electrons. The lowest BCUT2D eigenvalue weighted by atomic mass is 10.3. The second kappa shape index (κ2) is 10.2. The van der Waals surface area contributed by atoms with Crippen molar-refractivity contribution >= 4 is 58.8 Å². The average molecular weight is 442 g/mol. The highest BCUT2D eigenvalue weighted by molar-refractivity contribution is 6.31. The van der Waals surface area contributed by atoms with Crippen molar-refractivity contribution in [2.24, 2.45) is 0 Å². The number of carbonyl (C=O) groups is 2. The zero-order valence-electron chi connectivity index (χ0n) is 14.8. The molecule has 9 heteroatoms. The molecule has 0 aromatic heterocycles. The topological polar surface area (TPSA) is 64.7 Å². The van der Waals surface area contributed by atoms with E-state index in [-0.39, 0.29) is 37.3 Å². The van der Waals surface area contributed by atoms with Gasteiger partial charge in [-0.3, -0.25) is 9.59 Å². The number of anilines is 2. The van der Waals surface area contributed by atoms with Crippen LogP contribution >= 0.6 is 35.6 Å². The van der Waals surface area contributed by atoms with Gasteiger partial charge in [0.1, 0.15) is 0 Å². The predicted octanol–water partition coefficient (Wildman–Crippen LogP) is 4.04. The van der Waals surface area contributed by atoms with Gasteiger partial charge in [-0.2, -0.15) is 0 Å². The van der Waals surface area contributed by atoms with Crippen molar-refractivity contribution in [1.29, 1.82) is 0 Å². The van der Waals surface area contributed by atoms with Gasteiger partial charge < -0.3 is 20.4 Å². The highest BCUT2D eigenvalue weighted by atomic mass is 35.5. The molecule has 0 saturated carbocycles. The van der Waals surface area contributed by atoms with Crippen molar-refractivity contribution in [3.63, 3.8) is 0 Å². The molecule has 2 aromatic rings. The third-order valence-corrected chi connectivity index (χ3v) is 4.30. The Kier molecular flexibility index (Phi) is 7.99. The van der Waals surface area contributed by atoms with E-state index in [1.165, 1.54) is 0 Å². The number of hydrogen-bond donors (Lipinski definition) is 2. The van der Waals surface area contributed by atoms with Crippen LogP contribution in [0.15, 0.2) is 60.9 Å². The van der Waals surface area contributed by atoms with Crippen molar-refractivity contribution in [3.05, 3.63) is 71.0 Å². The van der Waals surface area contributed by atoms with Gasteiger partial charge in [0, 0.05) is 33.8 Å². The van der Waals surface area contributed by atoms with Gasteiger partial charge in [-0.1, -0.05) is 23.2 Å². The summed E-state index contributed by atoms with van der Waals surface area (Å²) in [6.07, 6.45) is 3.58. The molecule has 0 fully saturated rings. The molecule has 1 aliphatic heterocycles. The van der Waals surface area contributed by atoms with E-state index in [1.807, 2.05) is 9.80 Å². The molecule has 0 bridgehead atoms. The molecule has 2 amide bonds. The fourth-order valence-corrected chi connectivity index (χ4v) is 2.81. The maximum Gasteiger partial charge on any atom is 0.243 e. The number of carbonyl (C=O) groups excluding carboxylic acids is 2. The van der Waals surface area contributed by atoms with E-state index >= 15 is 0 Å². The summed E-state index contributed by atoms with van der Waals surface area (Å²) >= 11 is 11.7. The van der Waals surface area contributed by atoms with Gasteiger partial charge in [-0.15, -0.1) is 12.4 Å². The Labute approximate surface area is 179 Å². The maximum atomic E-state index is 12.1. The molecule has 0 aliphatic carbocycles. The molecule has 0 radical (unpaired) electrons. The quantitative estimate of drug-likeness (QED) is 0.710. The molecule has 0 unspecified atom stereocenters. The third kappa shape index (κ3) is 6.64. The van der Waals surface area contributed by atoms with E-state index in [1.54, 1.807) is 60.9 Å². The smallest absolute Gasteiger partial charge is 0.243 e. The first-order valence-electron chi connectivity index (χ1n) is 8.25. The SMILES string of the molecule is Cl.O=C(CN1C=CN(CC(=O)Nc2ccc(Cl)cc2)C1)Nc1ccc(Cl)cc1. The fourth-order valence-electron chi connectivity index (χ4n) is 2.56. The predicted molar refractivity (Wildman–Crippen MR) is 115 cm³/mol. The first-order chi connectivity index (χ1) is 13.0. The normalized spacial score (nSPS) is 12.5. The molecule has 2 N–H and O–H groups in total. The fraction of sp³-hybridized carbons (Fsp3) is 0.158. The summed E-state index contributed by atoms with van der Waals surface area (Å²) in [7, 11) is 0. The van der Waals surface area contributed by atoms with Crippen molar-refractivity contribution < 1.29 is 9.59 Å². The van der Waals surface area contributed by atoms with Gasteiger partial charge in [0.05, 0.1) is 19.8 Å². The Morgan fingerprint density at radius 3 is 1.46 bits per heavy atom. The molecular weight excluding hydrogens is 423 g/mol. The summed E-state index contributed by atoms with van der Waals surface area (Å²) in [4.78, 5) is 27.9. The maximum absolute atomic E-state index is 12.1. The summed E-state index contributed by atoms with van der Waals surface area (Å²) in [5, 5.41) is 6.84. The summed E-state index contributed by atoms with van der Waals surface area (Å²) in [5.74, 6) is -0.288. The highest BCUT2D eigenvalue weighted by Crippen LogP contribution is 2.15. The first-order valence-corrected chi connectivity index (χ1v) is 9.01. The van der Waals surface area contributed by atoms with E-state index in [2.05, 4.69) is 10.6 Å². The lowest BCUT2D eigenvalue weighted by Crippen LogP contribution is -2.35. The Morgan fingerprint density at radius 2 is 1.11 bits per heavy atom. The van der Waals surface area contributed by atoms with E-state index in [4.69, 9.17) is 23.2 Å². The molecule has 6 nitrogen and oxygen atoms in total. The van der Waals surface area contributed by atoms with Crippen molar-refractivity contribution in [2.75, 3.05) is 30.4 Å². The molecule has 0 saturated heterocycles. The second-order valence-electron chi connectivity index (χ2n) is 6.04. The standard InChI is InChI=1S/C19H18Cl2N4O2.ClH/c20-14-1-5-16(6-2-14)22-18(26)11-24-9-10-25(13-24)12-19(27)23-17-7-3-15(21)4-8-17;/h1-10H,11-13H2,(H,22,26)(H,23,27);1H. The second-order valence-corrected chi connectivity index (χ2v) is 6.92. The van der Waals surface area contributed by atoms with Gasteiger partial charge in [0.15, 0.2) is 0 Å². The summed E-state index contributed by atoms with van der Waals surface area (Å²) in [6, 6.07) is 13.8. The van der Waals surface area contributed by atoms with Gasteiger partial charge >= 0.3 is 0 Å². The monoisotopic (exact) mass is 440 g/mol. The largest absolute Gasteiger partial charge is 0.349 e. The number of nitrogens with one attached hydrogen (secondary N) is 2. The zero-order valence-corrected chi connectivity index (χ0v) is 17.1. The molecule has 1 aliphatic rings. The van der Waals surface area contributed by atoms with Crippen molar-refractivity contribution in [1.82, 2.24) is 9.80 Å². The molecule has 0 atom stereocenters. The van der Waals surface area contributed by atoms with Crippen LogP contribution in [0, 0.1) is 0 Å². The van der Waals surface area contributed by atoms with Crippen LogP contribution < -0.4 is 10.6 Å². The van der Waals surface area contributed by atoms with Gasteiger partial charge in [-0.25, -0.2) is 0 Å². The van der Waals surface area contributed by atoms with E-state index in [0.717, 1.165) is 0 Å². The van der Waals surface area contributed by atoms with Crippen LogP contribution in [-0.2, 0) is 9.59 Å². The molecule has 2 aromatic carbocycles. The molecule has 3 rings (SSSR count). The number of rotatable bonds is 6. The Bertz CT molecular complexity index is 772. The van der Waals surface area contributed by atoms with Crippen LogP contribution in [0.2, 0.25) is 10.0 Å². The minimum Gasteiger partial charge on any atom is -0.349 e. The van der Waals surface area contributed by atoms with Crippen LogP contribution in [0.3, 0.4) is 0 Å². The number of hydrogen-bond acceptors (Lipinski definition) is 4. The van der Waals surface area contributed by atoms with Crippen LogP contribution in [-0.4, -0.2) is 41.4 Å². The van der Waals surface area contributed by atoms with Crippen molar-refractivity contribution in [2.45, 2.75) is 0 Å². The van der Waals surface area contributed by atoms with E-state index < -0.39 is 0 Å². The van der Waals surface area contributed by atoms with E-state index in [9.17, 15) is 9.59 Å². The summed E-state index contributed by atoms with van der Waals surface area (Å²) < 4.78 is 0. The lowest BCUT2D eigenvalue weighted by molar-refractivity contribution is -0.117. The van der Waals surface area contributed by atoms with E-state index in [0.29, 0.717) is 28.1 Å². The Balaban J connectivity index is 0.00000280. The summed E-state index contributed by atoms with van der Waals surface area (Å²) in [5.41, 5.74) is 1.37. The van der Waals surface area contributed by atoms with Crippen molar-refractivity contribution in [3.8, 4) is 0 Å². The first kappa shape index (κ1) is 21.9. The molecule has 28 heavy (non-hydrogen) atoms. The molecule has 1 heterocycles. The third-order valence-electron chi connectivity index (χ3n) is 3.80. The molecular formula is C19H19Cl3N4O2. The van der Waals surface area contributed by atoms with Crippen LogP contribution in [0.4, 0.5) is 11.4 Å². The van der Waals surface area contributed by atoms with Gasteiger partial charge in [0.25, 0.3) is 0 Å². The van der Waals surface area contributed by atoms with Crippen LogP contribution in [0.5, 0.6) is 0 Å². The number of benzene rings is 2. The zero-order chi connectivity index (χ0) is 19.2. The molecule has 0 spiro atoms. The minimum atomic E-state index is -0.144. The Morgan fingerprint density at radius 1 is 0.750 bits per heavy atom. The highest BCUT2D eigenvalue weighted by Gasteiger charge is 2.17. The lowest BCUT2D eigenvalue weighted by Gasteiger charge is -2.20. The number of nitrogens with zero attached hydrogens (tertiary/aromatic N) is 2. The van der Waals surface area contributed by atoms with Crippen LogP contribution in [0.1, 0.15) is 0 Å². The summed E-state index contributed by atoms with van der Waals surface area (Å²) in [6.45, 7) is 0.838. The van der Waals surface area contributed by atoms with Crippen LogP contribution in [0.25, 0.3) is 0 Å². The Hall–Kier alpha value is -2.41.